The van der Waals surface area contributed by atoms with Gasteiger partial charge in [0.1, 0.15) is 25.3 Å². The number of carbonyl (C=O) groups is 2. The van der Waals surface area contributed by atoms with Gasteiger partial charge in [-0.3, -0.25) is 0 Å². The van der Waals surface area contributed by atoms with Gasteiger partial charge in [-0.05, 0) is 245 Å². The molecule has 0 aromatic rings. The van der Waals surface area contributed by atoms with Crippen LogP contribution in [0.1, 0.15) is 212 Å². The summed E-state index contributed by atoms with van der Waals surface area (Å²) in [4.78, 5) is 28.3. The quantitative estimate of drug-likeness (QED) is 0.108. The monoisotopic (exact) mass is 1080 g/mol. The average molecular weight is 1080 g/mol. The second kappa shape index (κ2) is 19.4. The first-order valence-corrected chi connectivity index (χ1v) is 32.7. The lowest BCUT2D eigenvalue weighted by atomic mass is 9.32. The molecule has 8 nitrogen and oxygen atoms in total. The molecule has 0 aromatic carbocycles. The minimum absolute atomic E-state index is 0.0744. The van der Waals surface area contributed by atoms with Crippen LogP contribution in [0.25, 0.3) is 0 Å². The maximum Gasteiger partial charge on any atom is 0.362 e. The summed E-state index contributed by atoms with van der Waals surface area (Å²) in [6, 6.07) is 0. The molecule has 10 aliphatic rings. The third kappa shape index (κ3) is 8.60. The highest BCUT2D eigenvalue weighted by atomic mass is 16.6. The maximum atomic E-state index is 14.2. The third-order valence-electron chi connectivity index (χ3n) is 30.0. The number of likely N-dealkylation sites (N-methyl/N-ethyl adjacent to an activating group) is 2. The van der Waals surface area contributed by atoms with Crippen molar-refractivity contribution in [3.8, 4) is 0 Å². The number of ether oxygens (including phenoxy) is 2. The van der Waals surface area contributed by atoms with E-state index in [1.807, 2.05) is 0 Å². The van der Waals surface area contributed by atoms with E-state index in [2.05, 4.69) is 124 Å². The van der Waals surface area contributed by atoms with Crippen LogP contribution in [0.5, 0.6) is 0 Å². The molecular weight excluding hydrogens is 965 g/mol. The van der Waals surface area contributed by atoms with Crippen LogP contribution >= 0.6 is 0 Å². The van der Waals surface area contributed by atoms with Crippen LogP contribution < -0.4 is 0 Å². The van der Waals surface area contributed by atoms with Crippen LogP contribution in [-0.2, 0) is 19.1 Å². The molecule has 20 atom stereocenters. The molecule has 0 heterocycles. The fourth-order valence-electron chi connectivity index (χ4n) is 25.3. The highest BCUT2D eigenvalue weighted by Gasteiger charge is 2.73. The molecule has 0 saturated heterocycles. The standard InChI is InChI=1S/C70H118N2O6/c1-45(2)47-23-33-69(43-73)37-35-65(11)49(59(47)69)19-21-53-63(9)29-27-55(61(5,6)51(63)25-31-67(53,65)13)77-57(75)41-71(15,16)39-40-72(17,18)42-58(76)78-56-28-30-64(10)52(62(56,7)8)26-32-68(14)54(64)22-20-50-60-48(46(3)4)24-34-70(60,44-74)38-36-66(50,68)12/h47-56,59-60,73-74H,1,3,19-44H2,2,4-18H3/q+2/t47-,48-,49?,50?,51?,52?,53?,54?,55-,56-,59?,60?,63-,64-,65+,66+,67+,68+,69-,70-/m0/s1. The van der Waals surface area contributed by atoms with Crippen LogP contribution in [0.3, 0.4) is 0 Å². The number of fused-ring (bicyclic) bond motifs is 14. The number of hydrogen-bond acceptors (Lipinski definition) is 6. The molecule has 2 N–H and O–H groups in total. The first-order chi connectivity index (χ1) is 36.1. The Balaban J connectivity index is 0.727. The first-order valence-electron chi connectivity index (χ1n) is 32.7. The molecule has 0 radical (unpaired) electrons. The van der Waals surface area contributed by atoms with E-state index in [-0.39, 0.29) is 78.3 Å². The smallest absolute Gasteiger partial charge is 0.362 e. The number of hydrogen-bond donors (Lipinski definition) is 2. The molecule has 0 spiro atoms. The van der Waals surface area contributed by atoms with Gasteiger partial charge in [-0.2, -0.15) is 0 Å². The molecule has 0 bridgehead atoms. The molecule has 0 aliphatic heterocycles. The van der Waals surface area contributed by atoms with E-state index < -0.39 is 0 Å². The van der Waals surface area contributed by atoms with E-state index >= 15 is 0 Å². The molecule has 442 valence electrons. The Bertz CT molecular complexity index is 2190. The summed E-state index contributed by atoms with van der Waals surface area (Å²) in [6.07, 6.45) is 23.3. The number of quaternary nitrogens is 2. The number of rotatable bonds is 13. The second-order valence-corrected chi connectivity index (χ2v) is 34.7. The molecule has 78 heavy (non-hydrogen) atoms. The van der Waals surface area contributed by atoms with Gasteiger partial charge in [0.2, 0.25) is 0 Å². The highest BCUT2D eigenvalue weighted by molar-refractivity contribution is 5.71. The lowest BCUT2D eigenvalue weighted by Gasteiger charge is -2.73. The van der Waals surface area contributed by atoms with Crippen LogP contribution in [0.2, 0.25) is 0 Å². The summed E-state index contributed by atoms with van der Waals surface area (Å²) in [6.45, 7) is 42.1. The number of aliphatic hydroxyl groups is 2. The van der Waals surface area contributed by atoms with Gasteiger partial charge in [0.15, 0.2) is 13.1 Å². The number of nitrogens with zero attached hydrogens (tertiary/aromatic N) is 2. The summed E-state index contributed by atoms with van der Waals surface area (Å²) >= 11 is 0. The average Bonchev–Trinajstić information content (AvgIpc) is 2.65. The van der Waals surface area contributed by atoms with Gasteiger partial charge in [0.25, 0.3) is 0 Å². The molecule has 10 aliphatic carbocycles. The van der Waals surface area contributed by atoms with Crippen molar-refractivity contribution in [1.82, 2.24) is 0 Å². The Morgan fingerprint density at radius 1 is 0.449 bits per heavy atom. The predicted octanol–water partition coefficient (Wildman–Crippen LogP) is 14.3. The lowest BCUT2D eigenvalue weighted by Crippen LogP contribution is -2.67. The van der Waals surface area contributed by atoms with Crippen LogP contribution in [0, 0.1) is 113 Å². The maximum absolute atomic E-state index is 14.2. The molecule has 10 rings (SSSR count). The third-order valence-corrected chi connectivity index (χ3v) is 30.0. The summed E-state index contributed by atoms with van der Waals surface area (Å²) in [7, 11) is 8.59. The minimum Gasteiger partial charge on any atom is -0.458 e. The van der Waals surface area contributed by atoms with Crippen LogP contribution in [0.15, 0.2) is 24.3 Å². The first kappa shape index (κ1) is 59.4. The summed E-state index contributed by atoms with van der Waals surface area (Å²) < 4.78 is 14.4. The van der Waals surface area contributed by atoms with Gasteiger partial charge in [-0.25, -0.2) is 9.59 Å². The van der Waals surface area contributed by atoms with Gasteiger partial charge >= 0.3 is 11.9 Å². The van der Waals surface area contributed by atoms with Crippen molar-refractivity contribution >= 4 is 11.9 Å². The zero-order valence-corrected chi connectivity index (χ0v) is 53.1. The molecular formula is C70H118N2O6+2. The van der Waals surface area contributed by atoms with E-state index in [9.17, 15) is 19.8 Å². The zero-order valence-electron chi connectivity index (χ0n) is 53.1. The fraction of sp³-hybridized carbons (Fsp3) is 0.914. The van der Waals surface area contributed by atoms with Gasteiger partial charge in [-0.15, -0.1) is 0 Å². The summed E-state index contributed by atoms with van der Waals surface area (Å²) in [5.41, 5.74) is 3.96. The zero-order chi connectivity index (χ0) is 57.0. The molecule has 0 aromatic heterocycles. The number of aliphatic hydroxyl groups excluding tert-OH is 2. The van der Waals surface area contributed by atoms with Crippen molar-refractivity contribution in [2.24, 2.45) is 113 Å². The van der Waals surface area contributed by atoms with Crippen molar-refractivity contribution < 1.29 is 38.2 Å². The molecule has 8 heteroatoms. The van der Waals surface area contributed by atoms with Gasteiger partial charge in [0.05, 0.1) is 28.2 Å². The van der Waals surface area contributed by atoms with Crippen molar-refractivity contribution in [2.75, 3.05) is 67.6 Å². The van der Waals surface area contributed by atoms with E-state index in [4.69, 9.17) is 9.47 Å². The van der Waals surface area contributed by atoms with E-state index in [0.717, 1.165) is 64.5 Å². The normalized spacial score (nSPS) is 49.0. The summed E-state index contributed by atoms with van der Waals surface area (Å²) in [5.74, 6) is 5.53. The number of esters is 2. The van der Waals surface area contributed by atoms with E-state index in [1.165, 1.54) is 88.2 Å². The number of allylic oxidation sites excluding steroid dienone is 2. The van der Waals surface area contributed by atoms with E-state index in [0.29, 0.717) is 94.4 Å². The predicted molar refractivity (Wildman–Crippen MR) is 316 cm³/mol. The van der Waals surface area contributed by atoms with Crippen molar-refractivity contribution in [3.63, 3.8) is 0 Å². The van der Waals surface area contributed by atoms with Gasteiger partial charge in [0, 0.05) is 24.0 Å². The fourth-order valence-corrected chi connectivity index (χ4v) is 25.3. The largest absolute Gasteiger partial charge is 0.458 e. The van der Waals surface area contributed by atoms with Crippen LogP contribution in [0.4, 0.5) is 0 Å². The Morgan fingerprint density at radius 3 is 1.14 bits per heavy atom. The Kier molecular flexibility index (Phi) is 14.8. The molecule has 0 amide bonds. The van der Waals surface area contributed by atoms with Crippen molar-refractivity contribution in [1.29, 1.82) is 0 Å². The molecule has 8 unspecified atom stereocenters. The van der Waals surface area contributed by atoms with Gasteiger partial charge < -0.3 is 28.7 Å². The summed E-state index contributed by atoms with van der Waals surface area (Å²) in [5, 5.41) is 22.0. The van der Waals surface area contributed by atoms with Crippen molar-refractivity contribution in [3.05, 3.63) is 24.3 Å². The molecule has 10 saturated carbocycles. The second-order valence-electron chi connectivity index (χ2n) is 34.7. The highest BCUT2D eigenvalue weighted by Crippen LogP contribution is 2.80. The Hall–Kier alpha value is -1.74. The van der Waals surface area contributed by atoms with E-state index in [1.54, 1.807) is 0 Å². The topological polar surface area (TPSA) is 93.1 Å². The van der Waals surface area contributed by atoms with Crippen molar-refractivity contribution in [2.45, 2.75) is 224 Å². The number of carbonyl (C=O) groups excluding carboxylic acids is 2. The Morgan fingerprint density at radius 2 is 0.808 bits per heavy atom. The molecule has 10 fully saturated rings. The Labute approximate surface area is 477 Å². The minimum atomic E-state index is -0.122. The SMILES string of the molecule is C=C(C)[C@@H]1CC[C@@]2(CO)CC[C@]3(C)C(CCC4[C@@]5(C)CC[C@H](OC(=O)C[N+](C)(C)CC[N+](C)(C)CC(=O)O[C@H]6CC[C@@]7(C)C(CC[C@]8(C)C7CCC7C9[C@H](C(=C)C)CC[C@@]9(CO)CC[C@]78C)C6(C)C)C(C)(C)C5CC[C@]43C)C12. The lowest BCUT2D eigenvalue weighted by molar-refractivity contribution is -0.939. The van der Waals surface area contributed by atoms with Crippen LogP contribution in [-0.4, -0.2) is 111 Å². The van der Waals surface area contributed by atoms with Gasteiger partial charge in [-0.1, -0.05) is 93.5 Å².